The Balaban J connectivity index is 1.69. The summed E-state index contributed by atoms with van der Waals surface area (Å²) in [5, 5.41) is 2.86. The summed E-state index contributed by atoms with van der Waals surface area (Å²) in [6.45, 7) is 0.595. The third-order valence-electron chi connectivity index (χ3n) is 3.62. The molecule has 128 valence electrons. The molecule has 0 bridgehead atoms. The van der Waals surface area contributed by atoms with Gasteiger partial charge in [-0.25, -0.2) is 0 Å². The number of ether oxygens (including phenoxy) is 2. The fraction of sp³-hybridized carbons (Fsp3) is 0.316. The van der Waals surface area contributed by atoms with E-state index in [1.54, 1.807) is 31.4 Å². The van der Waals surface area contributed by atoms with Crippen LogP contribution in [0.4, 0.5) is 5.69 Å². The Labute approximate surface area is 143 Å². The zero-order chi connectivity index (χ0) is 17.4. The molecule has 0 unspecified atom stereocenters. The highest BCUT2D eigenvalue weighted by molar-refractivity contribution is 5.77. The molecule has 0 radical (unpaired) electrons. The fourth-order valence-corrected chi connectivity index (χ4v) is 2.18. The molecule has 0 aliphatic heterocycles. The van der Waals surface area contributed by atoms with Crippen molar-refractivity contribution in [2.45, 2.75) is 6.42 Å². The number of carbonyl (C=O) groups is 1. The van der Waals surface area contributed by atoms with Gasteiger partial charge in [0, 0.05) is 26.3 Å². The molecule has 0 spiro atoms. The summed E-state index contributed by atoms with van der Waals surface area (Å²) in [4.78, 5) is 13.9. The number of anilines is 1. The van der Waals surface area contributed by atoms with E-state index in [2.05, 4.69) is 34.5 Å². The van der Waals surface area contributed by atoms with Crippen LogP contribution in [0, 0.1) is 0 Å². The molecular formula is C19H24N2O3. The maximum absolute atomic E-state index is 11.8. The van der Waals surface area contributed by atoms with Crippen LogP contribution in [0.15, 0.2) is 48.5 Å². The minimum atomic E-state index is -0.129. The molecular weight excluding hydrogens is 304 g/mol. The molecule has 0 aliphatic carbocycles. The summed E-state index contributed by atoms with van der Waals surface area (Å²) in [5.74, 6) is 1.27. The second kappa shape index (κ2) is 8.82. The maximum atomic E-state index is 11.8. The summed E-state index contributed by atoms with van der Waals surface area (Å²) >= 11 is 0. The Bertz CT molecular complexity index is 637. The Morgan fingerprint density at radius 1 is 1.00 bits per heavy atom. The number of benzene rings is 2. The number of nitrogens with zero attached hydrogens (tertiary/aromatic N) is 1. The van der Waals surface area contributed by atoms with Crippen LogP contribution in [0.2, 0.25) is 0 Å². The summed E-state index contributed by atoms with van der Waals surface area (Å²) in [5.41, 5.74) is 2.35. The molecule has 2 aromatic carbocycles. The van der Waals surface area contributed by atoms with Crippen molar-refractivity contribution in [2.75, 3.05) is 39.3 Å². The van der Waals surface area contributed by atoms with Gasteiger partial charge in [0.1, 0.15) is 11.5 Å². The lowest BCUT2D eigenvalue weighted by Crippen LogP contribution is -2.30. The van der Waals surface area contributed by atoms with Crippen LogP contribution < -0.4 is 19.7 Å². The van der Waals surface area contributed by atoms with Crippen LogP contribution in [0.5, 0.6) is 11.5 Å². The summed E-state index contributed by atoms with van der Waals surface area (Å²) < 4.78 is 10.5. The first-order valence-corrected chi connectivity index (χ1v) is 7.88. The Morgan fingerprint density at radius 2 is 1.62 bits per heavy atom. The van der Waals surface area contributed by atoms with Crippen molar-refractivity contribution in [3.8, 4) is 11.5 Å². The molecule has 0 saturated heterocycles. The first-order valence-electron chi connectivity index (χ1n) is 7.88. The van der Waals surface area contributed by atoms with Gasteiger partial charge < -0.3 is 19.7 Å². The summed E-state index contributed by atoms with van der Waals surface area (Å²) in [7, 11) is 5.63. The third kappa shape index (κ3) is 5.50. The van der Waals surface area contributed by atoms with Crippen LogP contribution in [0.3, 0.4) is 0 Å². The normalized spacial score (nSPS) is 10.1. The number of amides is 1. The van der Waals surface area contributed by atoms with Crippen molar-refractivity contribution in [2.24, 2.45) is 0 Å². The predicted molar refractivity (Wildman–Crippen MR) is 96.0 cm³/mol. The van der Waals surface area contributed by atoms with E-state index in [0.29, 0.717) is 12.3 Å². The van der Waals surface area contributed by atoms with Crippen LogP contribution in [-0.2, 0) is 11.2 Å². The lowest BCUT2D eigenvalue weighted by atomic mass is 10.1. The molecule has 5 nitrogen and oxygen atoms in total. The van der Waals surface area contributed by atoms with Gasteiger partial charge in [0.2, 0.25) is 0 Å². The minimum absolute atomic E-state index is 0.00585. The topological polar surface area (TPSA) is 50.8 Å². The monoisotopic (exact) mass is 328 g/mol. The number of methoxy groups -OCH3 is 1. The maximum Gasteiger partial charge on any atom is 0.257 e. The lowest BCUT2D eigenvalue weighted by molar-refractivity contribution is -0.123. The SMILES string of the molecule is COc1ccc(OCC(=O)NCCc2ccc(N(C)C)cc2)cc1. The van der Waals surface area contributed by atoms with Gasteiger partial charge in [0.05, 0.1) is 7.11 Å². The van der Waals surface area contributed by atoms with Crippen molar-refractivity contribution in [1.82, 2.24) is 5.32 Å². The van der Waals surface area contributed by atoms with Gasteiger partial charge in [-0.15, -0.1) is 0 Å². The van der Waals surface area contributed by atoms with Crippen molar-refractivity contribution < 1.29 is 14.3 Å². The highest BCUT2D eigenvalue weighted by atomic mass is 16.5. The molecule has 1 amide bonds. The van der Waals surface area contributed by atoms with Crippen LogP contribution in [0.25, 0.3) is 0 Å². The number of hydrogen-bond acceptors (Lipinski definition) is 4. The van der Waals surface area contributed by atoms with Crippen molar-refractivity contribution >= 4 is 11.6 Å². The average Bonchev–Trinajstić information content (AvgIpc) is 2.61. The molecule has 24 heavy (non-hydrogen) atoms. The lowest BCUT2D eigenvalue weighted by Gasteiger charge is -2.13. The van der Waals surface area contributed by atoms with Crippen molar-refractivity contribution in [3.63, 3.8) is 0 Å². The average molecular weight is 328 g/mol. The Hall–Kier alpha value is -2.69. The van der Waals surface area contributed by atoms with Gasteiger partial charge in [-0.2, -0.15) is 0 Å². The number of rotatable bonds is 8. The largest absolute Gasteiger partial charge is 0.497 e. The highest BCUT2D eigenvalue weighted by Gasteiger charge is 2.03. The van der Waals surface area contributed by atoms with Gasteiger partial charge in [-0.3, -0.25) is 4.79 Å². The van der Waals surface area contributed by atoms with E-state index in [4.69, 9.17) is 9.47 Å². The molecule has 0 saturated carbocycles. The summed E-state index contributed by atoms with van der Waals surface area (Å²) in [6, 6.07) is 15.4. The minimum Gasteiger partial charge on any atom is -0.497 e. The smallest absolute Gasteiger partial charge is 0.257 e. The van der Waals surface area contributed by atoms with Gasteiger partial charge in [-0.05, 0) is 48.4 Å². The zero-order valence-electron chi connectivity index (χ0n) is 14.4. The molecule has 0 aromatic heterocycles. The first-order chi connectivity index (χ1) is 11.6. The van der Waals surface area contributed by atoms with Crippen LogP contribution in [0.1, 0.15) is 5.56 Å². The Morgan fingerprint density at radius 3 is 2.21 bits per heavy atom. The molecule has 1 N–H and O–H groups in total. The quantitative estimate of drug-likeness (QED) is 0.809. The number of hydrogen-bond donors (Lipinski definition) is 1. The molecule has 2 aromatic rings. The molecule has 0 atom stereocenters. The Kier molecular flexibility index (Phi) is 6.49. The van der Waals surface area contributed by atoms with E-state index in [1.807, 2.05) is 14.1 Å². The van der Waals surface area contributed by atoms with Crippen LogP contribution >= 0.6 is 0 Å². The number of carbonyl (C=O) groups excluding carboxylic acids is 1. The molecule has 0 aliphatic rings. The van der Waals surface area contributed by atoms with E-state index in [9.17, 15) is 4.79 Å². The van der Waals surface area contributed by atoms with E-state index < -0.39 is 0 Å². The standard InChI is InChI=1S/C19H24N2O3/c1-21(2)16-6-4-15(5-7-16)12-13-20-19(22)14-24-18-10-8-17(23-3)9-11-18/h4-11H,12-14H2,1-3H3,(H,20,22). The van der Waals surface area contributed by atoms with Crippen LogP contribution in [-0.4, -0.2) is 40.3 Å². The second-order valence-electron chi connectivity index (χ2n) is 5.63. The third-order valence-corrected chi connectivity index (χ3v) is 3.62. The van der Waals surface area contributed by atoms with Gasteiger partial charge in [-0.1, -0.05) is 12.1 Å². The molecule has 0 heterocycles. The first kappa shape index (κ1) is 17.7. The van der Waals surface area contributed by atoms with Gasteiger partial charge in [0.25, 0.3) is 5.91 Å². The molecule has 0 fully saturated rings. The highest BCUT2D eigenvalue weighted by Crippen LogP contribution is 2.16. The van der Waals surface area contributed by atoms with E-state index in [1.165, 1.54) is 5.56 Å². The second-order valence-corrected chi connectivity index (χ2v) is 5.63. The molecule has 2 rings (SSSR count). The van der Waals surface area contributed by atoms with Gasteiger partial charge >= 0.3 is 0 Å². The fourth-order valence-electron chi connectivity index (χ4n) is 2.18. The molecule has 5 heteroatoms. The number of nitrogens with one attached hydrogen (secondary N) is 1. The van der Waals surface area contributed by atoms with Crippen molar-refractivity contribution in [1.29, 1.82) is 0 Å². The van der Waals surface area contributed by atoms with E-state index in [-0.39, 0.29) is 12.5 Å². The predicted octanol–water partition coefficient (Wildman–Crippen LogP) is 2.50. The van der Waals surface area contributed by atoms with E-state index in [0.717, 1.165) is 17.9 Å². The van der Waals surface area contributed by atoms with Crippen molar-refractivity contribution in [3.05, 3.63) is 54.1 Å². The van der Waals surface area contributed by atoms with Gasteiger partial charge in [0.15, 0.2) is 6.61 Å². The summed E-state index contributed by atoms with van der Waals surface area (Å²) in [6.07, 6.45) is 0.794. The zero-order valence-corrected chi connectivity index (χ0v) is 14.4. The van der Waals surface area contributed by atoms with E-state index >= 15 is 0 Å².